The van der Waals surface area contributed by atoms with E-state index in [1.807, 2.05) is 19.9 Å². The van der Waals surface area contributed by atoms with Crippen LogP contribution in [0.5, 0.6) is 0 Å². The van der Waals surface area contributed by atoms with Gasteiger partial charge in [0.05, 0.1) is 6.10 Å². The number of hydrogen-bond donors (Lipinski definition) is 2. The number of carbonyl (C=O) groups excluding carboxylic acids is 2. The van der Waals surface area contributed by atoms with Gasteiger partial charge in [0.1, 0.15) is 11.8 Å². The minimum atomic E-state index is -1.50. The van der Waals surface area contributed by atoms with Crippen molar-refractivity contribution in [3.05, 3.63) is 23.8 Å². The minimum Gasteiger partial charge on any atom is -0.393 e. The Labute approximate surface area is 153 Å². The van der Waals surface area contributed by atoms with E-state index in [0.29, 0.717) is 12.8 Å². The molecule has 4 aliphatic carbocycles. The normalized spacial score (nSPS) is 52.8. The Kier molecular flexibility index (Phi) is 3.72. The fourth-order valence-electron chi connectivity index (χ4n) is 6.82. The summed E-state index contributed by atoms with van der Waals surface area (Å²) in [5.41, 5.74) is -2.13. The lowest BCUT2D eigenvalue weighted by Gasteiger charge is -2.60. The van der Waals surface area contributed by atoms with Crippen molar-refractivity contribution in [3.63, 3.8) is 0 Å². The summed E-state index contributed by atoms with van der Waals surface area (Å²) in [5, 5.41) is 22.2. The number of ketones is 2. The molecular weight excluding hydrogens is 335 g/mol. The number of aliphatic hydroxyl groups is 2. The van der Waals surface area contributed by atoms with Gasteiger partial charge < -0.3 is 10.2 Å². The van der Waals surface area contributed by atoms with Crippen LogP contribution in [0.15, 0.2) is 23.8 Å². The van der Waals surface area contributed by atoms with Gasteiger partial charge in [0.2, 0.25) is 0 Å². The van der Waals surface area contributed by atoms with E-state index in [9.17, 15) is 19.8 Å². The second-order valence-electron chi connectivity index (χ2n) is 9.26. The minimum absolute atomic E-state index is 0.134. The Morgan fingerprint density at radius 2 is 2.04 bits per heavy atom. The van der Waals surface area contributed by atoms with Gasteiger partial charge in [0.25, 0.3) is 0 Å². The van der Waals surface area contributed by atoms with Crippen molar-refractivity contribution in [2.75, 3.05) is 0 Å². The van der Waals surface area contributed by atoms with Gasteiger partial charge in [-0.25, -0.2) is 4.39 Å². The third-order valence-electron chi connectivity index (χ3n) is 8.22. The van der Waals surface area contributed by atoms with Crippen molar-refractivity contribution < 1.29 is 24.2 Å². The third-order valence-corrected chi connectivity index (χ3v) is 8.22. The van der Waals surface area contributed by atoms with Gasteiger partial charge >= 0.3 is 0 Å². The maximum absolute atomic E-state index is 15.4. The Bertz CT molecular complexity index is 742. The van der Waals surface area contributed by atoms with E-state index in [-0.39, 0.29) is 36.2 Å². The first-order valence-corrected chi connectivity index (χ1v) is 9.54. The van der Waals surface area contributed by atoms with Gasteiger partial charge in [0.15, 0.2) is 11.6 Å². The largest absolute Gasteiger partial charge is 0.393 e. The van der Waals surface area contributed by atoms with Gasteiger partial charge in [-0.05, 0) is 44.3 Å². The standard InChI is InChI=1S/C21H27FO4/c1-11(23)21(26)7-5-14-17-15(22)9-12-8-13(24)4-6-19(12,2)18(17)16(25)10-20(14,21)3/h4,6,8,14-18,25-26H,5,7,9-10H2,1-3H3/t14-,15+,16-,17+,18-,19-,20-,21-/m0/s1. The molecule has 0 saturated heterocycles. The highest BCUT2D eigenvalue weighted by molar-refractivity contribution is 6.01. The van der Waals surface area contributed by atoms with Gasteiger partial charge in [-0.1, -0.05) is 25.5 Å². The fraction of sp³-hybridized carbons (Fsp3) is 0.714. The van der Waals surface area contributed by atoms with Crippen molar-refractivity contribution in [1.82, 2.24) is 0 Å². The number of rotatable bonds is 1. The van der Waals surface area contributed by atoms with Gasteiger partial charge in [-0.3, -0.25) is 9.59 Å². The van der Waals surface area contributed by atoms with Gasteiger partial charge in [0, 0.05) is 29.1 Å². The molecule has 0 bridgehead atoms. The summed E-state index contributed by atoms with van der Waals surface area (Å²) in [6.07, 6.45) is 4.18. The number of allylic oxidation sites excluding steroid dienone is 4. The fourth-order valence-corrected chi connectivity index (χ4v) is 6.82. The Morgan fingerprint density at radius 1 is 1.35 bits per heavy atom. The molecule has 3 saturated carbocycles. The Balaban J connectivity index is 1.81. The average molecular weight is 362 g/mol. The first kappa shape index (κ1) is 18.1. The molecule has 4 rings (SSSR count). The molecule has 0 amide bonds. The van der Waals surface area contributed by atoms with Crippen molar-refractivity contribution in [2.45, 2.75) is 64.3 Å². The van der Waals surface area contributed by atoms with E-state index in [4.69, 9.17) is 0 Å². The lowest BCUT2D eigenvalue weighted by Crippen LogP contribution is -2.63. The van der Waals surface area contributed by atoms with E-state index < -0.39 is 34.6 Å². The predicted molar refractivity (Wildman–Crippen MR) is 93.9 cm³/mol. The smallest absolute Gasteiger partial charge is 0.178 e. The summed E-state index contributed by atoms with van der Waals surface area (Å²) >= 11 is 0. The second-order valence-corrected chi connectivity index (χ2v) is 9.26. The first-order valence-electron chi connectivity index (χ1n) is 9.54. The van der Waals surface area contributed by atoms with Crippen LogP contribution in [0.1, 0.15) is 46.5 Å². The molecule has 3 fully saturated rings. The average Bonchev–Trinajstić information content (AvgIpc) is 2.81. The number of fused-ring (bicyclic) bond motifs is 5. The molecule has 26 heavy (non-hydrogen) atoms. The number of halogens is 1. The van der Waals surface area contributed by atoms with Crippen LogP contribution in [-0.2, 0) is 9.59 Å². The number of Topliss-reactive ketones (excluding diaryl/α,β-unsaturated/α-hetero) is 1. The molecule has 0 heterocycles. The lowest BCUT2D eigenvalue weighted by atomic mass is 9.46. The summed E-state index contributed by atoms with van der Waals surface area (Å²) in [6.45, 7) is 5.20. The predicted octanol–water partition coefficient (Wildman–Crippen LogP) is 2.53. The summed E-state index contributed by atoms with van der Waals surface area (Å²) in [7, 11) is 0. The van der Waals surface area contributed by atoms with Crippen molar-refractivity contribution in [2.24, 2.45) is 28.6 Å². The topological polar surface area (TPSA) is 74.6 Å². The SMILES string of the molecule is CC(=O)[C@@]1(O)CC[C@H]2[C@H]3[C@H]([C@@H](O)C[C@@]21C)[C@@]1(C)C=CC(=O)C=C1C[C@H]3F. The molecule has 4 aliphatic rings. The van der Waals surface area contributed by atoms with Crippen LogP contribution < -0.4 is 0 Å². The molecule has 142 valence electrons. The summed E-state index contributed by atoms with van der Waals surface area (Å²) in [4.78, 5) is 24.0. The van der Waals surface area contributed by atoms with Crippen molar-refractivity contribution >= 4 is 11.6 Å². The molecule has 0 radical (unpaired) electrons. The number of aliphatic hydroxyl groups excluding tert-OH is 1. The van der Waals surface area contributed by atoms with Crippen LogP contribution in [0.3, 0.4) is 0 Å². The maximum atomic E-state index is 15.4. The Hall–Kier alpha value is -1.33. The molecule has 4 nitrogen and oxygen atoms in total. The van der Waals surface area contributed by atoms with Crippen LogP contribution in [0.4, 0.5) is 4.39 Å². The molecule has 0 aromatic carbocycles. The zero-order chi connectivity index (χ0) is 19.1. The monoisotopic (exact) mass is 362 g/mol. The summed E-state index contributed by atoms with van der Waals surface area (Å²) < 4.78 is 15.4. The number of carbonyl (C=O) groups is 2. The van der Waals surface area contributed by atoms with Crippen molar-refractivity contribution in [3.8, 4) is 0 Å². The highest BCUT2D eigenvalue weighted by Crippen LogP contribution is 2.67. The van der Waals surface area contributed by atoms with E-state index in [2.05, 4.69) is 0 Å². The summed E-state index contributed by atoms with van der Waals surface area (Å²) in [5.74, 6) is -1.38. The molecule has 0 aromatic heterocycles. The third kappa shape index (κ3) is 2.02. The van der Waals surface area contributed by atoms with Gasteiger partial charge in [-0.2, -0.15) is 0 Å². The first-order chi connectivity index (χ1) is 12.0. The highest BCUT2D eigenvalue weighted by Gasteiger charge is 2.69. The zero-order valence-corrected chi connectivity index (χ0v) is 15.5. The quantitative estimate of drug-likeness (QED) is 0.752. The molecule has 0 aromatic rings. The van der Waals surface area contributed by atoms with E-state index in [1.165, 1.54) is 19.1 Å². The van der Waals surface area contributed by atoms with E-state index >= 15 is 4.39 Å². The summed E-state index contributed by atoms with van der Waals surface area (Å²) in [6, 6.07) is 0. The van der Waals surface area contributed by atoms with Crippen LogP contribution >= 0.6 is 0 Å². The van der Waals surface area contributed by atoms with Crippen LogP contribution in [-0.4, -0.2) is 39.7 Å². The molecule has 2 N–H and O–H groups in total. The van der Waals surface area contributed by atoms with Crippen molar-refractivity contribution in [1.29, 1.82) is 0 Å². The van der Waals surface area contributed by atoms with Crippen LogP contribution in [0.2, 0.25) is 0 Å². The molecule has 8 atom stereocenters. The molecule has 0 unspecified atom stereocenters. The Morgan fingerprint density at radius 3 is 2.69 bits per heavy atom. The molecule has 0 spiro atoms. The number of alkyl halides is 1. The molecule has 5 heteroatoms. The molecular formula is C21H27FO4. The van der Waals surface area contributed by atoms with Gasteiger partial charge in [-0.15, -0.1) is 0 Å². The number of hydrogen-bond acceptors (Lipinski definition) is 4. The van der Waals surface area contributed by atoms with E-state index in [0.717, 1.165) is 5.57 Å². The van der Waals surface area contributed by atoms with Crippen LogP contribution in [0.25, 0.3) is 0 Å². The second kappa shape index (κ2) is 5.35. The zero-order valence-electron chi connectivity index (χ0n) is 15.5. The van der Waals surface area contributed by atoms with Crippen LogP contribution in [0, 0.1) is 28.6 Å². The lowest BCUT2D eigenvalue weighted by molar-refractivity contribution is -0.183. The highest BCUT2D eigenvalue weighted by atomic mass is 19.1. The maximum Gasteiger partial charge on any atom is 0.178 e. The van der Waals surface area contributed by atoms with E-state index in [1.54, 1.807) is 0 Å². The molecule has 0 aliphatic heterocycles.